The van der Waals surface area contributed by atoms with Gasteiger partial charge in [0, 0.05) is 0 Å². The molecule has 0 aromatic carbocycles. The van der Waals surface area contributed by atoms with Crippen molar-refractivity contribution in [3.05, 3.63) is 0 Å². The number of carboxylic acid groups (broad SMARTS) is 1. The minimum absolute atomic E-state index is 0. The smallest absolute Gasteiger partial charge is 0.539 e. The molecule has 0 heterocycles. The summed E-state index contributed by atoms with van der Waals surface area (Å²) in [7, 11) is 0. The average Bonchev–Trinajstić information content (AvgIpc) is 0.811. The summed E-state index contributed by atoms with van der Waals surface area (Å²) in [5.41, 5.74) is 0. The predicted octanol–water partition coefficient (Wildman–Crippen LogP) is -3.74. The van der Waals surface area contributed by atoms with E-state index in [4.69, 9.17) is 9.90 Å². The maximum Gasteiger partial charge on any atom is 1.00 e. The molecule has 0 fully saturated rings. The Bertz CT molecular complexity index is 32.6. The first-order valence-electron chi connectivity index (χ1n) is 0.632. The molecule has 0 aliphatic rings. The van der Waals surface area contributed by atoms with Gasteiger partial charge in [-0.3, -0.25) is 0 Å². The molecule has 0 saturated heterocycles. The van der Waals surface area contributed by atoms with Gasteiger partial charge in [0.25, 0.3) is 0 Å². The summed E-state index contributed by atoms with van der Waals surface area (Å²) < 4.78 is 0. The Morgan fingerprint density at radius 1 is 1.80 bits per heavy atom. The van der Waals surface area contributed by atoms with Crippen molar-refractivity contribution in [2.24, 2.45) is 0 Å². The molecule has 0 amide bonds. The molecule has 0 aliphatic carbocycles. The van der Waals surface area contributed by atoms with E-state index in [1.165, 1.54) is 0 Å². The third-order valence-corrected chi connectivity index (χ3v) is 0. The van der Waals surface area contributed by atoms with Crippen LogP contribution in [0.15, 0.2) is 0 Å². The first-order valence-corrected chi connectivity index (χ1v) is 1.08. The second-order valence-corrected chi connectivity index (χ2v) is 0.631. The SMILES string of the molecule is O=C([O-])S.[Li+]. The minimum atomic E-state index is -1.39. The Kier molecular flexibility index (Phi) is 8.00. The van der Waals surface area contributed by atoms with Gasteiger partial charge in [0.1, 0.15) is 0 Å². The van der Waals surface area contributed by atoms with Crippen LogP contribution in [0, 0.1) is 0 Å². The maximum atomic E-state index is 8.75. The largest absolute Gasteiger partial charge is 1.00 e. The van der Waals surface area contributed by atoms with E-state index >= 15 is 0 Å². The summed E-state index contributed by atoms with van der Waals surface area (Å²) in [6.45, 7) is 0. The van der Waals surface area contributed by atoms with Crippen molar-refractivity contribution in [3.8, 4) is 0 Å². The van der Waals surface area contributed by atoms with Gasteiger partial charge in [0.2, 0.25) is 0 Å². The summed E-state index contributed by atoms with van der Waals surface area (Å²) in [6.07, 6.45) is 0. The van der Waals surface area contributed by atoms with Crippen LogP contribution >= 0.6 is 12.6 Å². The molecule has 0 spiro atoms. The number of hydrogen-bond donors (Lipinski definition) is 1. The monoisotopic (exact) mass is 84.0 g/mol. The molecule has 5 heavy (non-hydrogen) atoms. The van der Waals surface area contributed by atoms with Gasteiger partial charge in [0.15, 0.2) is 0 Å². The molecule has 0 radical (unpaired) electrons. The van der Waals surface area contributed by atoms with E-state index < -0.39 is 5.30 Å². The summed E-state index contributed by atoms with van der Waals surface area (Å²) in [4.78, 5) is 8.75. The number of rotatable bonds is 0. The molecule has 0 atom stereocenters. The summed E-state index contributed by atoms with van der Waals surface area (Å²) in [6, 6.07) is 0. The quantitative estimate of drug-likeness (QED) is 0.242. The van der Waals surface area contributed by atoms with Crippen LogP contribution in [0.4, 0.5) is 4.79 Å². The summed E-state index contributed by atoms with van der Waals surface area (Å²) in [5, 5.41) is 7.36. The van der Waals surface area contributed by atoms with E-state index in [1.807, 2.05) is 0 Å². The van der Waals surface area contributed by atoms with Crippen LogP contribution in [-0.2, 0) is 0 Å². The molecule has 24 valence electrons. The molecule has 0 aromatic rings. The van der Waals surface area contributed by atoms with Gasteiger partial charge in [-0.2, -0.15) is 0 Å². The molecular formula is CHLiO2S. The first kappa shape index (κ1) is 9.05. The van der Waals surface area contributed by atoms with Gasteiger partial charge in [-0.25, -0.2) is 0 Å². The van der Waals surface area contributed by atoms with Gasteiger partial charge >= 0.3 is 18.9 Å². The van der Waals surface area contributed by atoms with Crippen molar-refractivity contribution in [2.75, 3.05) is 0 Å². The number of thiol groups is 1. The minimum Gasteiger partial charge on any atom is -0.539 e. The van der Waals surface area contributed by atoms with Crippen LogP contribution < -0.4 is 24.0 Å². The number of carbonyl (C=O) groups is 1. The molecule has 0 rings (SSSR count). The van der Waals surface area contributed by atoms with Crippen LogP contribution in [0.2, 0.25) is 0 Å². The molecule has 0 N–H and O–H groups in total. The average molecular weight is 84.0 g/mol. The van der Waals surface area contributed by atoms with Crippen LogP contribution in [0.1, 0.15) is 0 Å². The van der Waals surface area contributed by atoms with E-state index in [9.17, 15) is 0 Å². The third-order valence-electron chi connectivity index (χ3n) is 0. The second-order valence-electron chi connectivity index (χ2n) is 0.266. The van der Waals surface area contributed by atoms with Gasteiger partial charge in [-0.15, -0.1) is 12.6 Å². The summed E-state index contributed by atoms with van der Waals surface area (Å²) in [5.74, 6) is 0. The van der Waals surface area contributed by atoms with E-state index in [1.54, 1.807) is 0 Å². The number of hydrogen-bond acceptors (Lipinski definition) is 2. The first-order chi connectivity index (χ1) is 1.73. The molecule has 0 aliphatic heterocycles. The van der Waals surface area contributed by atoms with E-state index in [2.05, 4.69) is 12.6 Å². The zero-order chi connectivity index (χ0) is 3.58. The van der Waals surface area contributed by atoms with Crippen LogP contribution in [-0.4, -0.2) is 5.30 Å². The molecular weight excluding hydrogens is 83.0 g/mol. The van der Waals surface area contributed by atoms with Crippen molar-refractivity contribution in [2.45, 2.75) is 0 Å². The van der Waals surface area contributed by atoms with Gasteiger partial charge < -0.3 is 9.90 Å². The van der Waals surface area contributed by atoms with Crippen molar-refractivity contribution in [3.63, 3.8) is 0 Å². The Labute approximate surface area is 47.1 Å². The van der Waals surface area contributed by atoms with Crippen LogP contribution in [0.3, 0.4) is 0 Å². The van der Waals surface area contributed by atoms with Crippen molar-refractivity contribution >= 4 is 17.9 Å². The molecule has 0 unspecified atom stereocenters. The maximum absolute atomic E-state index is 8.75. The van der Waals surface area contributed by atoms with Gasteiger partial charge in [-0.1, -0.05) is 0 Å². The summed E-state index contributed by atoms with van der Waals surface area (Å²) >= 11 is 2.77. The number of carbonyl (C=O) groups excluding carboxylic acids is 1. The Balaban J connectivity index is 0. The standard InChI is InChI=1S/CH2O2S.Li/c2-1(3)4;/h4H,(H,2,3);/q;+1/p-1. The zero-order valence-corrected chi connectivity index (χ0v) is 3.66. The fourth-order valence-electron chi connectivity index (χ4n) is 0. The second kappa shape index (κ2) is 4.42. The van der Waals surface area contributed by atoms with E-state index in [-0.39, 0.29) is 18.9 Å². The van der Waals surface area contributed by atoms with E-state index in [0.717, 1.165) is 0 Å². The van der Waals surface area contributed by atoms with Crippen molar-refractivity contribution in [1.29, 1.82) is 0 Å². The van der Waals surface area contributed by atoms with Crippen molar-refractivity contribution in [1.82, 2.24) is 0 Å². The van der Waals surface area contributed by atoms with Crippen LogP contribution in [0.5, 0.6) is 0 Å². The Morgan fingerprint density at radius 3 is 1.80 bits per heavy atom. The predicted molar refractivity (Wildman–Crippen MR) is 14.4 cm³/mol. The molecule has 2 nitrogen and oxygen atoms in total. The zero-order valence-electron chi connectivity index (χ0n) is 2.76. The molecule has 0 bridgehead atoms. The topological polar surface area (TPSA) is 40.1 Å². The normalized spacial score (nSPS) is 5.00. The molecule has 0 aromatic heterocycles. The molecule has 0 saturated carbocycles. The van der Waals surface area contributed by atoms with Gasteiger partial charge in [0.05, 0.1) is 5.30 Å². The van der Waals surface area contributed by atoms with E-state index in [0.29, 0.717) is 0 Å². The van der Waals surface area contributed by atoms with Crippen LogP contribution in [0.25, 0.3) is 0 Å². The van der Waals surface area contributed by atoms with Gasteiger partial charge in [-0.05, 0) is 0 Å². The fraction of sp³-hybridized carbons (Fsp3) is 0. The Hall–Kier alpha value is 0.417. The molecule has 4 heteroatoms. The fourth-order valence-corrected chi connectivity index (χ4v) is 0. The Morgan fingerprint density at radius 2 is 1.80 bits per heavy atom. The van der Waals surface area contributed by atoms with Crippen molar-refractivity contribution < 1.29 is 28.8 Å². The third kappa shape index (κ3) is 148.